The van der Waals surface area contributed by atoms with Crippen LogP contribution in [0, 0.1) is 5.41 Å². The molecule has 1 fully saturated rings. The molecular formula is C24H26N8O2S. The highest BCUT2D eigenvalue weighted by molar-refractivity contribution is 7.13. The van der Waals surface area contributed by atoms with Crippen molar-refractivity contribution in [2.45, 2.75) is 37.8 Å². The summed E-state index contributed by atoms with van der Waals surface area (Å²) in [6, 6.07) is 6.95. The lowest BCUT2D eigenvalue weighted by molar-refractivity contribution is -0.117. The topological polar surface area (TPSA) is 159 Å². The number of rotatable bonds is 8. The maximum atomic E-state index is 12.4. The molecule has 0 bridgehead atoms. The van der Waals surface area contributed by atoms with Gasteiger partial charge in [0.2, 0.25) is 5.91 Å². The van der Waals surface area contributed by atoms with Gasteiger partial charge in [0.15, 0.2) is 5.13 Å². The van der Waals surface area contributed by atoms with Crippen molar-refractivity contribution in [3.05, 3.63) is 71.5 Å². The predicted octanol–water partition coefficient (Wildman–Crippen LogP) is 3.21. The second kappa shape index (κ2) is 10.9. The quantitative estimate of drug-likeness (QED) is 0.239. The molecule has 0 unspecified atom stereocenters. The average molecular weight is 491 g/mol. The van der Waals surface area contributed by atoms with Crippen LogP contribution >= 0.6 is 11.3 Å². The average Bonchev–Trinajstić information content (AvgIpc) is 3.38. The summed E-state index contributed by atoms with van der Waals surface area (Å²) in [5.74, 6) is 0.256. The smallest absolute Gasteiger partial charge is 0.257 e. The van der Waals surface area contributed by atoms with Gasteiger partial charge in [-0.3, -0.25) is 20.3 Å². The zero-order valence-corrected chi connectivity index (χ0v) is 19.8. The van der Waals surface area contributed by atoms with Gasteiger partial charge in [-0.15, -0.1) is 11.3 Å². The van der Waals surface area contributed by atoms with Crippen molar-refractivity contribution in [2.24, 2.45) is 0 Å². The van der Waals surface area contributed by atoms with E-state index in [0.29, 0.717) is 27.6 Å². The number of carbonyl (C=O) groups excluding carboxylic acids is 2. The fourth-order valence-electron chi connectivity index (χ4n) is 3.98. The van der Waals surface area contributed by atoms with Gasteiger partial charge in [0.05, 0.1) is 11.3 Å². The lowest BCUT2D eigenvalue weighted by Gasteiger charge is -2.30. The van der Waals surface area contributed by atoms with E-state index in [4.69, 9.17) is 11.1 Å². The Bertz CT molecular complexity index is 1220. The summed E-state index contributed by atoms with van der Waals surface area (Å²) in [6.45, 7) is 3.49. The van der Waals surface area contributed by atoms with Gasteiger partial charge in [0.25, 0.3) is 5.91 Å². The van der Waals surface area contributed by atoms with Gasteiger partial charge in [0, 0.05) is 34.8 Å². The van der Waals surface area contributed by atoms with Crippen LogP contribution in [0.25, 0.3) is 0 Å². The molecule has 4 rings (SSSR count). The van der Waals surface area contributed by atoms with Crippen LogP contribution in [-0.2, 0) is 4.79 Å². The van der Waals surface area contributed by atoms with Gasteiger partial charge in [-0.1, -0.05) is 18.7 Å². The van der Waals surface area contributed by atoms with Crippen molar-refractivity contribution < 1.29 is 9.59 Å². The second-order valence-corrected chi connectivity index (χ2v) is 9.03. The van der Waals surface area contributed by atoms with E-state index in [-0.39, 0.29) is 35.4 Å². The molecule has 1 saturated carbocycles. The molecule has 11 heteroatoms. The summed E-state index contributed by atoms with van der Waals surface area (Å²) in [7, 11) is 0. The highest BCUT2D eigenvalue weighted by Crippen LogP contribution is 2.27. The highest BCUT2D eigenvalue weighted by atomic mass is 32.1. The van der Waals surface area contributed by atoms with Crippen molar-refractivity contribution in [1.29, 1.82) is 5.41 Å². The number of benzene rings is 1. The number of nitrogens with one attached hydrogen (secondary N) is 4. The van der Waals surface area contributed by atoms with Crippen LogP contribution in [-0.4, -0.2) is 44.6 Å². The Labute approximate surface area is 206 Å². The molecule has 0 saturated heterocycles. The Balaban J connectivity index is 1.44. The van der Waals surface area contributed by atoms with Crippen molar-refractivity contribution in [1.82, 2.24) is 20.3 Å². The van der Waals surface area contributed by atoms with Gasteiger partial charge in [-0.05, 0) is 43.9 Å². The van der Waals surface area contributed by atoms with E-state index in [0.717, 1.165) is 25.7 Å². The number of hydrogen-bond acceptors (Lipinski definition) is 9. The van der Waals surface area contributed by atoms with E-state index in [1.807, 2.05) is 0 Å². The summed E-state index contributed by atoms with van der Waals surface area (Å²) < 4.78 is 0. The van der Waals surface area contributed by atoms with E-state index in [1.54, 1.807) is 35.8 Å². The van der Waals surface area contributed by atoms with Crippen molar-refractivity contribution in [3.8, 4) is 0 Å². The Morgan fingerprint density at radius 2 is 1.74 bits per heavy atom. The Morgan fingerprint density at radius 1 is 1.06 bits per heavy atom. The van der Waals surface area contributed by atoms with Crippen LogP contribution in [0.5, 0.6) is 0 Å². The number of carbonyl (C=O) groups is 2. The molecule has 1 aliphatic rings. The van der Waals surface area contributed by atoms with E-state index in [1.165, 1.54) is 23.7 Å². The number of nitrogens with two attached hydrogens (primary N) is 1. The normalized spacial score (nSPS) is 17.3. The third-order valence-corrected chi connectivity index (χ3v) is 6.50. The summed E-state index contributed by atoms with van der Waals surface area (Å²) in [4.78, 5) is 36.4. The van der Waals surface area contributed by atoms with Gasteiger partial charge in [0.1, 0.15) is 18.0 Å². The van der Waals surface area contributed by atoms with Crippen LogP contribution in [0.3, 0.4) is 0 Å². The first-order valence-corrected chi connectivity index (χ1v) is 12.0. The van der Waals surface area contributed by atoms with Gasteiger partial charge < -0.3 is 16.4 Å². The number of aromatic nitrogens is 3. The summed E-state index contributed by atoms with van der Waals surface area (Å²) in [5.41, 5.74) is 7.75. The number of amides is 2. The van der Waals surface area contributed by atoms with Crippen LogP contribution < -0.4 is 21.7 Å². The molecule has 35 heavy (non-hydrogen) atoms. The van der Waals surface area contributed by atoms with Crippen LogP contribution in [0.4, 0.5) is 16.8 Å². The summed E-state index contributed by atoms with van der Waals surface area (Å²) >= 11 is 1.34. The molecule has 2 amide bonds. The summed E-state index contributed by atoms with van der Waals surface area (Å²) in [5, 5.41) is 20.2. The van der Waals surface area contributed by atoms with E-state index >= 15 is 0 Å². The molecule has 6 N–H and O–H groups in total. The van der Waals surface area contributed by atoms with Gasteiger partial charge in [-0.25, -0.2) is 15.0 Å². The minimum Gasteiger partial charge on any atom is -0.383 e. The van der Waals surface area contributed by atoms with E-state index < -0.39 is 0 Å². The second-order valence-electron chi connectivity index (χ2n) is 8.13. The maximum absolute atomic E-state index is 12.4. The molecular weight excluding hydrogens is 464 g/mol. The number of nitrogen functional groups attached to an aromatic ring is 1. The Hall–Kier alpha value is -4.12. The van der Waals surface area contributed by atoms with Crippen molar-refractivity contribution in [3.63, 3.8) is 0 Å². The minimum atomic E-state index is -0.275. The van der Waals surface area contributed by atoms with Gasteiger partial charge >= 0.3 is 0 Å². The van der Waals surface area contributed by atoms with Gasteiger partial charge in [-0.2, -0.15) is 0 Å². The lowest BCUT2D eigenvalue weighted by Crippen LogP contribution is -2.39. The monoisotopic (exact) mass is 490 g/mol. The van der Waals surface area contributed by atoms with E-state index in [2.05, 4.69) is 37.5 Å². The molecule has 0 atom stereocenters. The number of thiazole rings is 1. The molecule has 0 aliphatic heterocycles. The number of hydrogen-bond donors (Lipinski definition) is 5. The zero-order valence-electron chi connectivity index (χ0n) is 19.0. The first-order valence-electron chi connectivity index (χ1n) is 11.1. The van der Waals surface area contributed by atoms with Crippen LogP contribution in [0.15, 0.2) is 54.8 Å². The molecule has 2 aromatic heterocycles. The SMILES string of the molecule is C=CC(=O)NC1CCC(Nc2ncnc(N)c2C(=N)c2ccc(C(=O)Nc3nccs3)cc2)CC1. The fraction of sp³-hybridized carbons (Fsp3) is 0.250. The highest BCUT2D eigenvalue weighted by Gasteiger charge is 2.24. The fourth-order valence-corrected chi connectivity index (χ4v) is 4.50. The largest absolute Gasteiger partial charge is 0.383 e. The molecule has 0 spiro atoms. The third kappa shape index (κ3) is 5.87. The maximum Gasteiger partial charge on any atom is 0.257 e. The molecule has 3 aromatic rings. The van der Waals surface area contributed by atoms with Crippen LogP contribution in [0.1, 0.15) is 47.2 Å². The van der Waals surface area contributed by atoms with E-state index in [9.17, 15) is 9.59 Å². The first-order chi connectivity index (χ1) is 16.9. The predicted molar refractivity (Wildman–Crippen MR) is 137 cm³/mol. The Morgan fingerprint density at radius 3 is 2.40 bits per heavy atom. The molecule has 10 nitrogen and oxygen atoms in total. The van der Waals surface area contributed by atoms with Crippen molar-refractivity contribution in [2.75, 3.05) is 16.4 Å². The Kier molecular flexibility index (Phi) is 7.46. The van der Waals surface area contributed by atoms with Crippen LogP contribution in [0.2, 0.25) is 0 Å². The molecule has 1 aliphatic carbocycles. The third-order valence-electron chi connectivity index (χ3n) is 5.81. The standard InChI is InChI=1S/C24H26N8O2S/c1-2-18(33)30-16-7-9-17(10-8-16)31-22-19(21(26)28-13-29-22)20(25)14-3-5-15(6-4-14)23(34)32-24-27-11-12-35-24/h2-6,11-13,16-17,25H,1,7-10H2,(H,30,33)(H,27,32,34)(H3,26,28,29,31). The summed E-state index contributed by atoms with van der Waals surface area (Å²) in [6.07, 6.45) is 7.60. The zero-order chi connectivity index (χ0) is 24.8. The van der Waals surface area contributed by atoms with Crippen molar-refractivity contribution >= 4 is 45.6 Å². The minimum absolute atomic E-state index is 0.123. The molecule has 1 aromatic carbocycles. The molecule has 180 valence electrons. The number of nitrogens with zero attached hydrogens (tertiary/aromatic N) is 3. The lowest BCUT2D eigenvalue weighted by atomic mass is 9.91. The number of anilines is 3. The first kappa shape index (κ1) is 24.0. The molecule has 0 radical (unpaired) electrons. The molecule has 2 heterocycles.